The lowest BCUT2D eigenvalue weighted by molar-refractivity contribution is -0.167. The minimum Gasteiger partial charge on any atom is -0.462 e. The number of hydrogen-bond acceptors (Lipinski definition) is 6. The van der Waals surface area contributed by atoms with Gasteiger partial charge >= 0.3 is 17.9 Å². The molecule has 0 bridgehead atoms. The molecule has 0 rings (SSSR count). The minimum absolute atomic E-state index is 0.0760. The lowest BCUT2D eigenvalue weighted by Crippen LogP contribution is -2.30. The molecular weight excluding hydrogens is 997 g/mol. The Morgan fingerprint density at radius 1 is 0.259 bits per heavy atom. The van der Waals surface area contributed by atoms with Crippen molar-refractivity contribution in [3.63, 3.8) is 0 Å². The van der Waals surface area contributed by atoms with E-state index in [9.17, 15) is 14.4 Å². The number of rotatable bonds is 63. The van der Waals surface area contributed by atoms with Crippen molar-refractivity contribution < 1.29 is 28.6 Å². The third kappa shape index (κ3) is 67.0. The van der Waals surface area contributed by atoms with Crippen molar-refractivity contribution in [2.45, 2.75) is 348 Å². The first-order valence-corrected chi connectivity index (χ1v) is 34.7. The Morgan fingerprint density at radius 3 is 0.765 bits per heavy atom. The maximum atomic E-state index is 12.9. The zero-order valence-electron chi connectivity index (χ0n) is 53.5. The van der Waals surface area contributed by atoms with Crippen molar-refractivity contribution in [2.75, 3.05) is 13.2 Å². The van der Waals surface area contributed by atoms with Crippen LogP contribution >= 0.6 is 0 Å². The summed E-state index contributed by atoms with van der Waals surface area (Å²) in [6.45, 7) is 6.54. The van der Waals surface area contributed by atoms with E-state index in [0.717, 1.165) is 109 Å². The van der Waals surface area contributed by atoms with Gasteiger partial charge in [-0.15, -0.1) is 0 Å². The van der Waals surface area contributed by atoms with Crippen molar-refractivity contribution in [3.05, 3.63) is 97.2 Å². The Hall–Kier alpha value is -3.67. The number of esters is 3. The molecule has 0 aliphatic rings. The van der Waals surface area contributed by atoms with Crippen LogP contribution in [-0.2, 0) is 28.6 Å². The Kier molecular flexibility index (Phi) is 65.7. The van der Waals surface area contributed by atoms with Gasteiger partial charge < -0.3 is 14.2 Å². The molecule has 0 aromatic rings. The predicted molar refractivity (Wildman–Crippen MR) is 353 cm³/mol. The predicted octanol–water partition coefficient (Wildman–Crippen LogP) is 24.0. The molecular formula is C75H130O6. The van der Waals surface area contributed by atoms with Crippen LogP contribution in [0.2, 0.25) is 0 Å². The highest BCUT2D eigenvalue weighted by atomic mass is 16.6. The highest BCUT2D eigenvalue weighted by Gasteiger charge is 2.19. The number of ether oxygens (including phenoxy) is 3. The monoisotopic (exact) mass is 1130 g/mol. The van der Waals surface area contributed by atoms with Crippen molar-refractivity contribution in [1.82, 2.24) is 0 Å². The normalized spacial score (nSPS) is 12.7. The summed E-state index contributed by atoms with van der Waals surface area (Å²) in [5.74, 6) is -0.869. The average molecular weight is 1130 g/mol. The van der Waals surface area contributed by atoms with E-state index in [0.29, 0.717) is 19.3 Å². The number of unbranched alkanes of at least 4 members (excludes halogenated alkanes) is 36. The minimum atomic E-state index is -0.780. The van der Waals surface area contributed by atoms with Gasteiger partial charge in [0, 0.05) is 19.3 Å². The van der Waals surface area contributed by atoms with Gasteiger partial charge in [-0.1, -0.05) is 317 Å². The molecule has 6 nitrogen and oxygen atoms in total. The van der Waals surface area contributed by atoms with Gasteiger partial charge in [0.15, 0.2) is 6.10 Å². The summed E-state index contributed by atoms with van der Waals surface area (Å²) in [6, 6.07) is 0. The van der Waals surface area contributed by atoms with Crippen LogP contribution in [0.4, 0.5) is 0 Å². The molecule has 466 valence electrons. The fraction of sp³-hybridized carbons (Fsp3) is 0.747. The first-order chi connectivity index (χ1) is 40.0. The molecule has 6 heteroatoms. The number of hydrogen-bond donors (Lipinski definition) is 0. The molecule has 0 radical (unpaired) electrons. The summed E-state index contributed by atoms with van der Waals surface area (Å²) in [4.78, 5) is 38.3. The molecule has 1 atom stereocenters. The molecule has 1 unspecified atom stereocenters. The molecule has 0 N–H and O–H groups in total. The maximum Gasteiger partial charge on any atom is 0.306 e. The Morgan fingerprint density at radius 2 is 0.481 bits per heavy atom. The van der Waals surface area contributed by atoms with Gasteiger partial charge in [0.25, 0.3) is 0 Å². The van der Waals surface area contributed by atoms with Crippen LogP contribution in [0.25, 0.3) is 0 Å². The van der Waals surface area contributed by atoms with Gasteiger partial charge in [0.2, 0.25) is 0 Å². The van der Waals surface area contributed by atoms with Crippen LogP contribution in [-0.4, -0.2) is 37.2 Å². The van der Waals surface area contributed by atoms with E-state index in [2.05, 4.69) is 118 Å². The van der Waals surface area contributed by atoms with Crippen molar-refractivity contribution in [3.8, 4) is 0 Å². The molecule has 0 heterocycles. The number of carbonyl (C=O) groups excluding carboxylic acids is 3. The van der Waals surface area contributed by atoms with Gasteiger partial charge in [0.1, 0.15) is 13.2 Å². The van der Waals surface area contributed by atoms with E-state index in [1.807, 2.05) is 0 Å². The molecule has 81 heavy (non-hydrogen) atoms. The van der Waals surface area contributed by atoms with Crippen LogP contribution in [0, 0.1) is 0 Å². The summed E-state index contributed by atoms with van der Waals surface area (Å²) in [5.41, 5.74) is 0. The standard InChI is InChI=1S/C75H130O6/c1-4-7-10-13-16-19-22-25-27-29-31-32-33-34-35-36-37-38-39-40-41-42-43-44-45-47-48-50-53-56-59-62-65-68-74(77)80-71-72(70-79-73(76)67-64-61-58-55-52-24-21-18-15-12-9-6-3)81-75(78)69-66-63-60-57-54-51-49-46-30-28-26-23-20-17-14-11-8-5-2/h7,10,16,19-20,23,25,27-28,30-32,34-35,37-38,72H,4-6,8-9,11-15,17-18,21-22,24,26,29,33,36,39-71H2,1-3H3/b10-7-,19-16-,23-20-,27-25-,30-28-,32-31-,35-34-,38-37-. The molecule has 0 aromatic carbocycles. The smallest absolute Gasteiger partial charge is 0.306 e. The van der Waals surface area contributed by atoms with E-state index < -0.39 is 6.10 Å². The van der Waals surface area contributed by atoms with Crippen LogP contribution < -0.4 is 0 Å². The third-order valence-corrected chi connectivity index (χ3v) is 15.1. The van der Waals surface area contributed by atoms with Gasteiger partial charge in [0.05, 0.1) is 0 Å². The molecule has 0 amide bonds. The largest absolute Gasteiger partial charge is 0.462 e. The molecule has 0 aromatic heterocycles. The summed E-state index contributed by atoms with van der Waals surface area (Å²) < 4.78 is 16.9. The first-order valence-electron chi connectivity index (χ1n) is 34.7. The van der Waals surface area contributed by atoms with Crippen LogP contribution in [0.5, 0.6) is 0 Å². The van der Waals surface area contributed by atoms with Gasteiger partial charge in [-0.3, -0.25) is 14.4 Å². The average Bonchev–Trinajstić information content (AvgIpc) is 3.47. The second-order valence-electron chi connectivity index (χ2n) is 23.1. The third-order valence-electron chi connectivity index (χ3n) is 15.1. The van der Waals surface area contributed by atoms with Crippen molar-refractivity contribution in [1.29, 1.82) is 0 Å². The molecule has 0 saturated carbocycles. The number of allylic oxidation sites excluding steroid dienone is 16. The van der Waals surface area contributed by atoms with Crippen LogP contribution in [0.1, 0.15) is 342 Å². The van der Waals surface area contributed by atoms with Crippen LogP contribution in [0.15, 0.2) is 97.2 Å². The van der Waals surface area contributed by atoms with E-state index in [4.69, 9.17) is 14.2 Å². The fourth-order valence-corrected chi connectivity index (χ4v) is 9.89. The second kappa shape index (κ2) is 68.8. The Labute approximate surface area is 502 Å². The topological polar surface area (TPSA) is 78.9 Å². The van der Waals surface area contributed by atoms with Crippen molar-refractivity contribution >= 4 is 17.9 Å². The van der Waals surface area contributed by atoms with E-state index in [1.54, 1.807) is 0 Å². The first kappa shape index (κ1) is 77.3. The van der Waals surface area contributed by atoms with E-state index in [-0.39, 0.29) is 31.1 Å². The zero-order chi connectivity index (χ0) is 58.5. The molecule has 0 aliphatic carbocycles. The SMILES string of the molecule is CC/C=C\C/C=C\C/C=C\C/C=C\C/C=C\C/C=C\CCCCCCCCCCCCCCCCC(=O)OCC(COC(=O)CCCCCCCCCCCCCC)OC(=O)CCCCCCCCC/C=C\C/C=C\CCCCCC. The van der Waals surface area contributed by atoms with E-state index >= 15 is 0 Å². The van der Waals surface area contributed by atoms with Crippen molar-refractivity contribution in [2.24, 2.45) is 0 Å². The lowest BCUT2D eigenvalue weighted by atomic mass is 10.0. The molecule has 0 saturated heterocycles. The number of carbonyl (C=O) groups is 3. The quantitative estimate of drug-likeness (QED) is 0.0261. The van der Waals surface area contributed by atoms with E-state index in [1.165, 1.54) is 193 Å². The van der Waals surface area contributed by atoms with Crippen LogP contribution in [0.3, 0.4) is 0 Å². The van der Waals surface area contributed by atoms with Gasteiger partial charge in [-0.2, -0.15) is 0 Å². The van der Waals surface area contributed by atoms with Gasteiger partial charge in [-0.05, 0) is 103 Å². The molecule has 0 spiro atoms. The fourth-order valence-electron chi connectivity index (χ4n) is 9.89. The Balaban J connectivity index is 4.19. The lowest BCUT2D eigenvalue weighted by Gasteiger charge is -2.18. The summed E-state index contributed by atoms with van der Waals surface area (Å²) in [6.07, 6.45) is 92.9. The summed E-state index contributed by atoms with van der Waals surface area (Å²) in [5, 5.41) is 0. The maximum absolute atomic E-state index is 12.9. The molecule has 0 fully saturated rings. The summed E-state index contributed by atoms with van der Waals surface area (Å²) >= 11 is 0. The molecule has 0 aliphatic heterocycles. The second-order valence-corrected chi connectivity index (χ2v) is 23.1. The zero-order valence-corrected chi connectivity index (χ0v) is 53.5. The highest BCUT2D eigenvalue weighted by Crippen LogP contribution is 2.17. The Bertz CT molecular complexity index is 1580. The van der Waals surface area contributed by atoms with Gasteiger partial charge in [-0.25, -0.2) is 0 Å². The summed E-state index contributed by atoms with van der Waals surface area (Å²) in [7, 11) is 0. The highest BCUT2D eigenvalue weighted by molar-refractivity contribution is 5.71.